The molecule has 1 N–H and O–H groups in total. The Bertz CT molecular complexity index is 3190. The average molecular weight is 848 g/mol. The Morgan fingerprint density at radius 2 is 1.27 bits per heavy atom. The van der Waals surface area contributed by atoms with E-state index in [0.717, 1.165) is 83.7 Å². The van der Waals surface area contributed by atoms with Crippen LogP contribution in [0.15, 0.2) is 102 Å². The lowest BCUT2D eigenvalue weighted by molar-refractivity contribution is 0.299. The van der Waals surface area contributed by atoms with Gasteiger partial charge in [-0.1, -0.05) is 145 Å². The predicted molar refractivity (Wildman–Crippen MR) is 268 cm³/mol. The minimum atomic E-state index is -0.333. The molecule has 0 atom stereocenters. The number of phenols is 1. The summed E-state index contributed by atoms with van der Waals surface area (Å²) in [6.45, 7) is 36.0. The van der Waals surface area contributed by atoms with Crippen molar-refractivity contribution in [2.45, 2.75) is 138 Å². The lowest BCUT2D eigenvalue weighted by Gasteiger charge is -2.49. The molecule has 328 valence electrons. The van der Waals surface area contributed by atoms with E-state index in [2.05, 4.69) is 206 Å². The Labute approximate surface area is 380 Å². The molecule has 1 aliphatic carbocycles. The van der Waals surface area contributed by atoms with Gasteiger partial charge in [0.15, 0.2) is 0 Å². The van der Waals surface area contributed by atoms with Crippen LogP contribution in [0.25, 0.3) is 72.6 Å². The number of para-hydroxylation sites is 1. The summed E-state index contributed by atoms with van der Waals surface area (Å²) in [5, 5.41) is 13.8. The first-order valence-electron chi connectivity index (χ1n) is 23.0. The molecule has 0 amide bonds. The van der Waals surface area contributed by atoms with Gasteiger partial charge in [0.25, 0.3) is 0 Å². The number of aromatic nitrogens is 3. The van der Waals surface area contributed by atoms with Crippen molar-refractivity contribution in [2.24, 2.45) is 0 Å². The second kappa shape index (κ2) is 14.3. The molecule has 0 bridgehead atoms. The highest BCUT2D eigenvalue weighted by atomic mass is 16.3. The average Bonchev–Trinajstić information content (AvgIpc) is 3.75. The van der Waals surface area contributed by atoms with Crippen molar-refractivity contribution < 1.29 is 9.52 Å². The van der Waals surface area contributed by atoms with Crippen LogP contribution < -0.4 is 0 Å². The fourth-order valence-corrected chi connectivity index (χ4v) is 10.3. The van der Waals surface area contributed by atoms with E-state index in [9.17, 15) is 5.11 Å². The molecule has 3 aromatic heterocycles. The predicted octanol–water partition coefficient (Wildman–Crippen LogP) is 15.9. The number of pyridine rings is 1. The zero-order chi connectivity index (χ0) is 46.2. The van der Waals surface area contributed by atoms with Gasteiger partial charge in [0, 0.05) is 50.2 Å². The SMILES string of the molecule is Cc1ccnc2c1C(C)(C)C(C)(C)c1c-2cc(-c2cccc3c2nc(-c2cc(C(C)(C)C)cc(C(C)(C)C)c2O)n3-c2ccc(C(C)(C)C)cc2-c2ccccc2)c2oc(C)c(C)c12. The van der Waals surface area contributed by atoms with Gasteiger partial charge in [-0.05, 0) is 112 Å². The van der Waals surface area contributed by atoms with E-state index in [1.165, 1.54) is 22.3 Å². The number of aryl methyl sites for hydroxylation is 3. The Balaban J connectivity index is 1.46. The van der Waals surface area contributed by atoms with Crippen molar-refractivity contribution >= 4 is 22.0 Å². The molecule has 64 heavy (non-hydrogen) atoms. The fraction of sp³-hybridized carbons (Fsp3) is 0.356. The van der Waals surface area contributed by atoms with Gasteiger partial charge in [0.2, 0.25) is 0 Å². The van der Waals surface area contributed by atoms with Crippen LogP contribution in [0.4, 0.5) is 0 Å². The van der Waals surface area contributed by atoms with E-state index in [1.54, 1.807) is 0 Å². The van der Waals surface area contributed by atoms with Gasteiger partial charge in [-0.3, -0.25) is 9.55 Å². The van der Waals surface area contributed by atoms with Gasteiger partial charge < -0.3 is 9.52 Å². The molecule has 0 unspecified atom stereocenters. The number of nitrogens with zero attached hydrogens (tertiary/aromatic N) is 3. The van der Waals surface area contributed by atoms with E-state index >= 15 is 0 Å². The second-order valence-electron chi connectivity index (χ2n) is 22.6. The van der Waals surface area contributed by atoms with Crippen molar-refractivity contribution in [1.82, 2.24) is 14.5 Å². The summed E-state index contributed by atoms with van der Waals surface area (Å²) < 4.78 is 9.22. The van der Waals surface area contributed by atoms with Crippen molar-refractivity contribution in [2.75, 3.05) is 0 Å². The van der Waals surface area contributed by atoms with E-state index < -0.39 is 0 Å². The highest BCUT2D eigenvalue weighted by molar-refractivity contribution is 6.08. The molecule has 9 rings (SSSR count). The largest absolute Gasteiger partial charge is 0.507 e. The summed E-state index contributed by atoms with van der Waals surface area (Å²) in [6, 6.07) is 32.8. The number of aromatic hydroxyl groups is 1. The Morgan fingerprint density at radius 3 is 1.92 bits per heavy atom. The van der Waals surface area contributed by atoms with Gasteiger partial charge in [-0.25, -0.2) is 4.98 Å². The first kappa shape index (κ1) is 43.3. The van der Waals surface area contributed by atoms with Crippen LogP contribution in [0.5, 0.6) is 5.75 Å². The maximum Gasteiger partial charge on any atom is 0.149 e. The van der Waals surface area contributed by atoms with Crippen LogP contribution in [0.2, 0.25) is 0 Å². The third-order valence-corrected chi connectivity index (χ3v) is 14.9. The standard InChI is InChI=1S/C59H65N3O2/c1-33-27-28-60-51-42-32-41(53-47(34(2)35(3)64-53)49(42)59(15,16)58(13,14)48(33)51)39-23-20-24-46-50(39)61-54(43-30-38(56(7,8)9)31-44(52(43)63)57(10,11)12)62(46)45-26-25-37(55(4,5)6)29-40(45)36-21-18-17-19-22-36/h17-32,63H,1-16H3. The molecule has 1 aliphatic rings. The van der Waals surface area contributed by atoms with Crippen LogP contribution in [0, 0.1) is 20.8 Å². The van der Waals surface area contributed by atoms with Gasteiger partial charge in [0.1, 0.15) is 22.9 Å². The number of fused-ring (bicyclic) bond motifs is 6. The number of hydrogen-bond donors (Lipinski definition) is 1. The quantitative estimate of drug-likeness (QED) is 0.192. The summed E-state index contributed by atoms with van der Waals surface area (Å²) in [7, 11) is 0. The molecule has 3 heterocycles. The monoisotopic (exact) mass is 848 g/mol. The Morgan fingerprint density at radius 1 is 0.609 bits per heavy atom. The molecule has 0 spiro atoms. The zero-order valence-electron chi connectivity index (χ0n) is 40.9. The molecule has 5 aromatic carbocycles. The van der Waals surface area contributed by atoms with Crippen molar-refractivity contribution in [3.63, 3.8) is 0 Å². The van der Waals surface area contributed by atoms with Gasteiger partial charge in [-0.2, -0.15) is 0 Å². The highest BCUT2D eigenvalue weighted by Crippen LogP contribution is 2.58. The van der Waals surface area contributed by atoms with E-state index in [1.807, 2.05) is 6.20 Å². The molecule has 5 nitrogen and oxygen atoms in total. The Kier molecular flexibility index (Phi) is 9.67. The third-order valence-electron chi connectivity index (χ3n) is 14.9. The molecule has 0 saturated heterocycles. The molecular weight excluding hydrogens is 783 g/mol. The minimum Gasteiger partial charge on any atom is -0.507 e. The summed E-state index contributed by atoms with van der Waals surface area (Å²) in [5.41, 5.74) is 17.8. The number of benzene rings is 5. The second-order valence-corrected chi connectivity index (χ2v) is 22.6. The summed E-state index contributed by atoms with van der Waals surface area (Å²) in [6.07, 6.45) is 1.96. The van der Waals surface area contributed by atoms with Crippen molar-refractivity contribution in [1.29, 1.82) is 0 Å². The van der Waals surface area contributed by atoms with Crippen LogP contribution in [-0.2, 0) is 27.1 Å². The molecule has 0 saturated carbocycles. The van der Waals surface area contributed by atoms with Crippen molar-refractivity contribution in [3.8, 4) is 56.3 Å². The first-order valence-corrected chi connectivity index (χ1v) is 23.0. The number of phenolic OH excluding ortho intramolecular Hbond substituents is 1. The van der Waals surface area contributed by atoms with Gasteiger partial charge in [-0.15, -0.1) is 0 Å². The highest BCUT2D eigenvalue weighted by Gasteiger charge is 2.49. The number of hydrogen-bond acceptors (Lipinski definition) is 4. The van der Waals surface area contributed by atoms with Gasteiger partial charge >= 0.3 is 0 Å². The van der Waals surface area contributed by atoms with E-state index in [4.69, 9.17) is 14.4 Å². The number of imidazole rings is 1. The minimum absolute atomic E-state index is 0.0805. The maximum atomic E-state index is 12.6. The summed E-state index contributed by atoms with van der Waals surface area (Å²) in [4.78, 5) is 10.9. The fourth-order valence-electron chi connectivity index (χ4n) is 10.3. The smallest absolute Gasteiger partial charge is 0.149 e. The third kappa shape index (κ3) is 6.47. The Hall–Kier alpha value is -5.94. The maximum absolute atomic E-state index is 12.6. The molecule has 0 radical (unpaired) electrons. The van der Waals surface area contributed by atoms with E-state index in [-0.39, 0.29) is 32.8 Å². The zero-order valence-corrected chi connectivity index (χ0v) is 40.9. The van der Waals surface area contributed by atoms with E-state index in [0.29, 0.717) is 11.4 Å². The molecule has 8 aromatic rings. The molecule has 0 aliphatic heterocycles. The topological polar surface area (TPSA) is 64.1 Å². The van der Waals surface area contributed by atoms with Crippen LogP contribution in [0.1, 0.15) is 135 Å². The van der Waals surface area contributed by atoms with Crippen LogP contribution in [0.3, 0.4) is 0 Å². The van der Waals surface area contributed by atoms with Crippen LogP contribution in [-0.4, -0.2) is 19.6 Å². The van der Waals surface area contributed by atoms with Crippen molar-refractivity contribution in [3.05, 3.63) is 142 Å². The number of rotatable bonds is 4. The molecular formula is C59H65N3O2. The molecule has 0 fully saturated rings. The normalized spacial score (nSPS) is 14.9. The lowest BCUT2D eigenvalue weighted by Crippen LogP contribution is -2.44. The van der Waals surface area contributed by atoms with Gasteiger partial charge in [0.05, 0.1) is 28.0 Å². The summed E-state index contributed by atoms with van der Waals surface area (Å²) in [5.74, 6) is 1.84. The summed E-state index contributed by atoms with van der Waals surface area (Å²) >= 11 is 0. The number of furan rings is 1. The van der Waals surface area contributed by atoms with Crippen LogP contribution >= 0.6 is 0 Å². The first-order chi connectivity index (χ1) is 29.8. The molecule has 5 heteroatoms. The lowest BCUT2D eigenvalue weighted by atomic mass is 9.54.